The first-order valence-corrected chi connectivity index (χ1v) is 8.76. The molecule has 0 amide bonds. The van der Waals surface area contributed by atoms with Gasteiger partial charge in [-0.15, -0.1) is 0 Å². The van der Waals surface area contributed by atoms with Crippen LogP contribution in [0.25, 0.3) is 0 Å². The Balaban J connectivity index is 3.25. The van der Waals surface area contributed by atoms with E-state index in [1.165, 1.54) is 22.5 Å². The first-order chi connectivity index (χ1) is 9.88. The summed E-state index contributed by atoms with van der Waals surface area (Å²) in [4.78, 5) is 0.0925. The number of rotatable bonds is 8. The van der Waals surface area contributed by atoms with Gasteiger partial charge in [0.15, 0.2) is 0 Å². The molecule has 1 rings (SSSR count). The molecule has 0 saturated carbocycles. The first-order valence-electron chi connectivity index (χ1n) is 6.94. The number of nitrogens with zero attached hydrogens (tertiary/aromatic N) is 1. The zero-order valence-corrected chi connectivity index (χ0v) is 14.2. The zero-order valence-electron chi connectivity index (χ0n) is 12.7. The average Bonchev–Trinajstić information content (AvgIpc) is 2.42. The minimum Gasteiger partial charge on any atom is -0.398 e. The Morgan fingerprint density at radius 1 is 1.33 bits per heavy atom. The molecule has 2 N–H and O–H groups in total. The third kappa shape index (κ3) is 4.32. The molecule has 0 aliphatic heterocycles. The van der Waals surface area contributed by atoms with Crippen LogP contribution >= 0.6 is 11.6 Å². The van der Waals surface area contributed by atoms with Gasteiger partial charge in [-0.3, -0.25) is 0 Å². The molecule has 21 heavy (non-hydrogen) atoms. The Bertz CT molecular complexity index is 559. The second kappa shape index (κ2) is 7.98. The van der Waals surface area contributed by atoms with Crippen LogP contribution in [0.2, 0.25) is 5.02 Å². The van der Waals surface area contributed by atoms with Crippen LogP contribution in [-0.2, 0) is 14.8 Å². The number of anilines is 1. The van der Waals surface area contributed by atoms with Gasteiger partial charge in [0.05, 0.1) is 12.3 Å². The Morgan fingerprint density at radius 3 is 2.43 bits per heavy atom. The summed E-state index contributed by atoms with van der Waals surface area (Å²) in [5, 5.41) is 0.414. The average molecular weight is 335 g/mol. The van der Waals surface area contributed by atoms with Gasteiger partial charge in [0.1, 0.15) is 4.90 Å². The lowest BCUT2D eigenvalue weighted by atomic mass is 10.2. The number of methoxy groups -OCH3 is 1. The summed E-state index contributed by atoms with van der Waals surface area (Å²) in [6.45, 7) is 4.57. The van der Waals surface area contributed by atoms with Crippen molar-refractivity contribution in [3.8, 4) is 0 Å². The van der Waals surface area contributed by atoms with Gasteiger partial charge in [-0.1, -0.05) is 25.4 Å². The van der Waals surface area contributed by atoms with Crippen molar-refractivity contribution in [3.63, 3.8) is 0 Å². The molecular formula is C14H23ClN2O3S. The molecule has 0 aliphatic carbocycles. The molecule has 0 aliphatic rings. The molecule has 0 fully saturated rings. The zero-order chi connectivity index (χ0) is 16.0. The van der Waals surface area contributed by atoms with E-state index >= 15 is 0 Å². The molecule has 1 aromatic carbocycles. The fourth-order valence-corrected chi connectivity index (χ4v) is 4.29. The maximum absolute atomic E-state index is 12.9. The Morgan fingerprint density at radius 2 is 1.95 bits per heavy atom. The van der Waals surface area contributed by atoms with Gasteiger partial charge in [0.25, 0.3) is 0 Å². The maximum Gasteiger partial charge on any atom is 0.245 e. The van der Waals surface area contributed by atoms with E-state index in [4.69, 9.17) is 22.1 Å². The molecular weight excluding hydrogens is 312 g/mol. The highest BCUT2D eigenvalue weighted by molar-refractivity contribution is 7.89. The van der Waals surface area contributed by atoms with Crippen molar-refractivity contribution in [2.45, 2.75) is 37.6 Å². The van der Waals surface area contributed by atoms with Crippen molar-refractivity contribution < 1.29 is 13.2 Å². The van der Waals surface area contributed by atoms with Crippen LogP contribution in [0.3, 0.4) is 0 Å². The smallest absolute Gasteiger partial charge is 0.245 e. The molecule has 1 aromatic rings. The molecule has 7 heteroatoms. The number of nitrogens with two attached hydrogens (primary N) is 1. The predicted molar refractivity (Wildman–Crippen MR) is 86.0 cm³/mol. The maximum atomic E-state index is 12.9. The fraction of sp³-hybridized carbons (Fsp3) is 0.571. The fourth-order valence-electron chi connectivity index (χ4n) is 2.26. The summed E-state index contributed by atoms with van der Waals surface area (Å²) < 4.78 is 32.3. The Kier molecular flexibility index (Phi) is 6.93. The molecule has 0 radical (unpaired) electrons. The van der Waals surface area contributed by atoms with Gasteiger partial charge in [-0.2, -0.15) is 4.31 Å². The second-order valence-corrected chi connectivity index (χ2v) is 7.06. The molecule has 0 bridgehead atoms. The van der Waals surface area contributed by atoms with Gasteiger partial charge >= 0.3 is 0 Å². The van der Waals surface area contributed by atoms with Crippen molar-refractivity contribution in [2.75, 3.05) is 26.0 Å². The lowest BCUT2D eigenvalue weighted by molar-refractivity contribution is 0.163. The monoisotopic (exact) mass is 334 g/mol. The number of hydrogen-bond donors (Lipinski definition) is 1. The van der Waals surface area contributed by atoms with Crippen molar-refractivity contribution >= 4 is 27.3 Å². The van der Waals surface area contributed by atoms with Crippen LogP contribution in [0, 0.1) is 0 Å². The Hall–Kier alpha value is -0.820. The lowest BCUT2D eigenvalue weighted by Crippen LogP contribution is -2.41. The van der Waals surface area contributed by atoms with Crippen molar-refractivity contribution in [1.82, 2.24) is 4.31 Å². The first kappa shape index (κ1) is 18.2. The van der Waals surface area contributed by atoms with Gasteiger partial charge in [-0.25, -0.2) is 8.42 Å². The number of nitrogen functional groups attached to an aromatic ring is 1. The molecule has 0 unspecified atom stereocenters. The number of ether oxygens (including phenoxy) is 1. The third-order valence-corrected chi connectivity index (χ3v) is 5.68. The van der Waals surface area contributed by atoms with E-state index in [0.717, 1.165) is 12.8 Å². The number of halogens is 1. The lowest BCUT2D eigenvalue weighted by Gasteiger charge is -2.29. The van der Waals surface area contributed by atoms with Crippen molar-refractivity contribution in [2.24, 2.45) is 0 Å². The van der Waals surface area contributed by atoms with Gasteiger partial charge < -0.3 is 10.5 Å². The van der Waals surface area contributed by atoms with Gasteiger partial charge in [0, 0.05) is 24.7 Å². The molecule has 0 heterocycles. The number of benzene rings is 1. The van der Waals surface area contributed by atoms with Crippen molar-refractivity contribution in [1.29, 1.82) is 0 Å². The van der Waals surface area contributed by atoms with E-state index in [9.17, 15) is 8.42 Å². The van der Waals surface area contributed by atoms with Gasteiger partial charge in [-0.05, 0) is 31.0 Å². The van der Waals surface area contributed by atoms with Crippen LogP contribution in [0.15, 0.2) is 23.1 Å². The van der Waals surface area contributed by atoms with Crippen LogP contribution in [0.4, 0.5) is 5.69 Å². The largest absolute Gasteiger partial charge is 0.398 e. The van der Waals surface area contributed by atoms with Gasteiger partial charge in [0.2, 0.25) is 10.0 Å². The minimum atomic E-state index is -3.67. The summed E-state index contributed by atoms with van der Waals surface area (Å²) in [6.07, 6.45) is 1.46. The summed E-state index contributed by atoms with van der Waals surface area (Å²) in [5.74, 6) is 0. The second-order valence-electron chi connectivity index (χ2n) is 4.76. The van der Waals surface area contributed by atoms with Crippen LogP contribution in [0.5, 0.6) is 0 Å². The summed E-state index contributed by atoms with van der Waals surface area (Å²) >= 11 is 5.84. The standard InChI is InChI=1S/C14H23ClN2O3S/c1-4-12(5-2)17(8-9-20-3)21(18,19)14-7-6-11(15)10-13(14)16/h6-7,10,12H,4-5,8-9,16H2,1-3H3. The van der Waals surface area contributed by atoms with E-state index in [0.29, 0.717) is 18.2 Å². The number of sulfonamides is 1. The van der Waals surface area contributed by atoms with E-state index in [-0.39, 0.29) is 16.6 Å². The quantitative estimate of drug-likeness (QED) is 0.742. The minimum absolute atomic E-state index is 0.0831. The highest BCUT2D eigenvalue weighted by Gasteiger charge is 2.30. The third-order valence-electron chi connectivity index (χ3n) is 3.42. The molecule has 0 saturated heterocycles. The molecule has 0 spiro atoms. The van der Waals surface area contributed by atoms with E-state index in [2.05, 4.69) is 0 Å². The topological polar surface area (TPSA) is 72.6 Å². The summed E-state index contributed by atoms with van der Waals surface area (Å²) in [7, 11) is -2.12. The SMILES string of the molecule is CCC(CC)N(CCOC)S(=O)(=O)c1ccc(Cl)cc1N. The van der Waals surface area contributed by atoms with Crippen LogP contribution < -0.4 is 5.73 Å². The number of hydrogen-bond acceptors (Lipinski definition) is 4. The van der Waals surface area contributed by atoms with Crippen LogP contribution in [-0.4, -0.2) is 39.0 Å². The molecule has 0 aromatic heterocycles. The molecule has 120 valence electrons. The van der Waals surface area contributed by atoms with E-state index in [1.807, 2.05) is 13.8 Å². The summed E-state index contributed by atoms with van der Waals surface area (Å²) in [5.41, 5.74) is 6.00. The Labute approximate surface area is 132 Å². The predicted octanol–water partition coefficient (Wildman–Crippen LogP) is 2.75. The normalized spacial score (nSPS) is 12.3. The summed E-state index contributed by atoms with van der Waals surface area (Å²) in [6, 6.07) is 4.36. The van der Waals surface area contributed by atoms with Crippen molar-refractivity contribution in [3.05, 3.63) is 23.2 Å². The molecule has 5 nitrogen and oxygen atoms in total. The van der Waals surface area contributed by atoms with E-state index in [1.54, 1.807) is 7.11 Å². The van der Waals surface area contributed by atoms with Crippen LogP contribution in [0.1, 0.15) is 26.7 Å². The highest BCUT2D eigenvalue weighted by Crippen LogP contribution is 2.27. The molecule has 0 atom stereocenters. The highest BCUT2D eigenvalue weighted by atomic mass is 35.5. The van der Waals surface area contributed by atoms with E-state index < -0.39 is 10.0 Å².